The minimum absolute atomic E-state index is 0.206. The number of esters is 1. The second kappa shape index (κ2) is 8.13. The molecule has 2 heterocycles. The lowest BCUT2D eigenvalue weighted by molar-refractivity contribution is -0.141. The number of aryl methyl sites for hydroxylation is 2. The summed E-state index contributed by atoms with van der Waals surface area (Å²) in [5.74, 6) is -0.319. The summed E-state index contributed by atoms with van der Waals surface area (Å²) in [5.41, 5.74) is 2.71. The number of nitrogens with zero attached hydrogens (tertiary/aromatic N) is 1. The van der Waals surface area contributed by atoms with Gasteiger partial charge < -0.3 is 9.47 Å². The Balaban J connectivity index is 1.64. The van der Waals surface area contributed by atoms with Crippen LogP contribution in [-0.4, -0.2) is 43.5 Å². The van der Waals surface area contributed by atoms with Crippen molar-refractivity contribution in [1.82, 2.24) is 4.31 Å². The first-order valence-corrected chi connectivity index (χ1v) is 11.7. The Hall–Kier alpha value is -2.22. The van der Waals surface area contributed by atoms with Crippen molar-refractivity contribution in [3.05, 3.63) is 65.2 Å². The Morgan fingerprint density at radius 3 is 2.57 bits per heavy atom. The third kappa shape index (κ3) is 4.29. The summed E-state index contributed by atoms with van der Waals surface area (Å²) >= 11 is 0. The van der Waals surface area contributed by atoms with E-state index in [4.69, 9.17) is 9.47 Å². The zero-order chi connectivity index (χ0) is 21.4. The molecule has 0 unspecified atom stereocenters. The molecular weight excluding hydrogens is 402 g/mol. The molecule has 1 fully saturated rings. The second-order valence-electron chi connectivity index (χ2n) is 8.14. The molecule has 4 rings (SSSR count). The van der Waals surface area contributed by atoms with E-state index < -0.39 is 15.6 Å². The van der Waals surface area contributed by atoms with Crippen LogP contribution in [0.3, 0.4) is 0 Å². The highest BCUT2D eigenvalue weighted by Gasteiger charge is 2.57. The van der Waals surface area contributed by atoms with E-state index in [0.717, 1.165) is 29.5 Å². The topological polar surface area (TPSA) is 76.2 Å². The molecule has 6 nitrogen and oxygen atoms in total. The van der Waals surface area contributed by atoms with Gasteiger partial charge in [-0.3, -0.25) is 4.79 Å². The first kappa shape index (κ1) is 21.0. The molecule has 0 spiro atoms. The molecule has 0 bridgehead atoms. The van der Waals surface area contributed by atoms with E-state index in [-0.39, 0.29) is 30.1 Å². The van der Waals surface area contributed by atoms with Crippen LogP contribution in [0.15, 0.2) is 53.4 Å². The molecule has 7 heteroatoms. The predicted molar refractivity (Wildman–Crippen MR) is 112 cm³/mol. The largest absolute Gasteiger partial charge is 0.466 e. The van der Waals surface area contributed by atoms with Crippen molar-refractivity contribution in [3.63, 3.8) is 0 Å². The van der Waals surface area contributed by atoms with Gasteiger partial charge in [-0.05, 0) is 43.0 Å². The first-order chi connectivity index (χ1) is 14.3. The van der Waals surface area contributed by atoms with Gasteiger partial charge in [0.25, 0.3) is 0 Å². The van der Waals surface area contributed by atoms with Crippen molar-refractivity contribution in [2.45, 2.75) is 56.3 Å². The van der Waals surface area contributed by atoms with Gasteiger partial charge in [-0.2, -0.15) is 4.31 Å². The summed E-state index contributed by atoms with van der Waals surface area (Å²) in [5, 5.41) is 0. The van der Waals surface area contributed by atoms with E-state index in [9.17, 15) is 13.2 Å². The lowest BCUT2D eigenvalue weighted by Gasteiger charge is -2.22. The zero-order valence-corrected chi connectivity index (χ0v) is 18.2. The van der Waals surface area contributed by atoms with Crippen LogP contribution in [0.2, 0.25) is 0 Å². The quantitative estimate of drug-likeness (QED) is 0.539. The molecule has 2 aliphatic heterocycles. The first-order valence-electron chi connectivity index (χ1n) is 10.2. The number of hydrogen-bond acceptors (Lipinski definition) is 5. The number of rotatable bonds is 5. The number of carbonyl (C=O) groups is 1. The lowest BCUT2D eigenvalue weighted by atomic mass is 9.92. The third-order valence-corrected chi connectivity index (χ3v) is 7.87. The molecule has 0 aromatic heterocycles. The van der Waals surface area contributed by atoms with Crippen molar-refractivity contribution in [3.8, 4) is 0 Å². The molecule has 30 heavy (non-hydrogen) atoms. The fourth-order valence-electron chi connectivity index (χ4n) is 4.17. The molecule has 160 valence electrons. The average molecular weight is 430 g/mol. The number of benzene rings is 2. The summed E-state index contributed by atoms with van der Waals surface area (Å²) in [6.45, 7) is 4.19. The van der Waals surface area contributed by atoms with Gasteiger partial charge in [0.1, 0.15) is 6.10 Å². The smallest absolute Gasteiger partial charge is 0.302 e. The van der Waals surface area contributed by atoms with Crippen molar-refractivity contribution in [1.29, 1.82) is 0 Å². The molecule has 0 radical (unpaired) electrons. The van der Waals surface area contributed by atoms with E-state index in [1.165, 1.54) is 11.2 Å². The Kier molecular flexibility index (Phi) is 5.70. The minimum atomic E-state index is -3.68. The maximum absolute atomic E-state index is 13.5. The molecule has 2 aromatic carbocycles. The Bertz CT molecular complexity index is 1030. The highest BCUT2D eigenvalue weighted by atomic mass is 32.2. The average Bonchev–Trinajstić information content (AvgIpc) is 3.38. The van der Waals surface area contributed by atoms with Crippen LogP contribution in [0.1, 0.15) is 36.5 Å². The minimum Gasteiger partial charge on any atom is -0.466 e. The molecule has 0 saturated carbocycles. The van der Waals surface area contributed by atoms with Crippen LogP contribution in [0.25, 0.3) is 0 Å². The van der Waals surface area contributed by atoms with Gasteiger partial charge in [-0.1, -0.05) is 42.0 Å². The highest BCUT2D eigenvalue weighted by Crippen LogP contribution is 2.46. The van der Waals surface area contributed by atoms with Crippen LogP contribution < -0.4 is 0 Å². The van der Waals surface area contributed by atoms with Crippen molar-refractivity contribution in [2.75, 3.05) is 13.2 Å². The van der Waals surface area contributed by atoms with Gasteiger partial charge in [0.05, 0.1) is 17.1 Å². The number of ether oxygens (including phenoxy) is 2. The monoisotopic (exact) mass is 429 g/mol. The van der Waals surface area contributed by atoms with E-state index >= 15 is 0 Å². The van der Waals surface area contributed by atoms with Gasteiger partial charge in [-0.25, -0.2) is 8.42 Å². The molecule has 0 N–H and O–H groups in total. The Morgan fingerprint density at radius 2 is 1.87 bits per heavy atom. The second-order valence-corrected chi connectivity index (χ2v) is 10.1. The number of carbonyl (C=O) groups excluding carboxylic acids is 1. The van der Waals surface area contributed by atoms with Crippen LogP contribution in [0, 0.1) is 6.92 Å². The molecule has 1 saturated heterocycles. The SMILES string of the molecule is CC(=O)OCC[C@]12CCc3ccccc3CN(S(=O)(=O)c3ccc(C)cc3)C[C@@H]1O2. The normalized spacial score (nSPS) is 24.0. The Morgan fingerprint density at radius 1 is 1.17 bits per heavy atom. The summed E-state index contributed by atoms with van der Waals surface area (Å²) < 4.78 is 39.6. The van der Waals surface area contributed by atoms with Crippen molar-refractivity contribution >= 4 is 16.0 Å². The van der Waals surface area contributed by atoms with Crippen LogP contribution in [-0.2, 0) is 37.3 Å². The van der Waals surface area contributed by atoms with Gasteiger partial charge in [0.15, 0.2) is 0 Å². The van der Waals surface area contributed by atoms with E-state index in [2.05, 4.69) is 6.07 Å². The van der Waals surface area contributed by atoms with Gasteiger partial charge in [0, 0.05) is 26.4 Å². The van der Waals surface area contributed by atoms with Gasteiger partial charge >= 0.3 is 5.97 Å². The maximum atomic E-state index is 13.5. The van der Waals surface area contributed by atoms with E-state index in [1.807, 2.05) is 37.3 Å². The summed E-state index contributed by atoms with van der Waals surface area (Å²) in [6.07, 6.45) is 1.93. The number of hydrogen-bond donors (Lipinski definition) is 0. The van der Waals surface area contributed by atoms with Gasteiger partial charge in [0.2, 0.25) is 10.0 Å². The molecule has 2 aliphatic rings. The predicted octanol–water partition coefficient (Wildman–Crippen LogP) is 3.22. The lowest BCUT2D eigenvalue weighted by Crippen LogP contribution is -2.35. The highest BCUT2D eigenvalue weighted by molar-refractivity contribution is 7.89. The number of epoxide rings is 1. The summed E-state index contributed by atoms with van der Waals surface area (Å²) in [4.78, 5) is 11.4. The number of fused-ring (bicyclic) bond motifs is 2. The van der Waals surface area contributed by atoms with Crippen molar-refractivity contribution in [2.24, 2.45) is 0 Å². The zero-order valence-electron chi connectivity index (χ0n) is 17.3. The van der Waals surface area contributed by atoms with Crippen LogP contribution >= 0.6 is 0 Å². The molecule has 0 amide bonds. The summed E-state index contributed by atoms with van der Waals surface area (Å²) in [6, 6.07) is 14.9. The fourth-order valence-corrected chi connectivity index (χ4v) is 5.59. The van der Waals surface area contributed by atoms with E-state index in [0.29, 0.717) is 13.0 Å². The van der Waals surface area contributed by atoms with Crippen LogP contribution in [0.5, 0.6) is 0 Å². The number of sulfonamides is 1. The Labute approximate surface area is 177 Å². The fraction of sp³-hybridized carbons (Fsp3) is 0.435. The van der Waals surface area contributed by atoms with Crippen LogP contribution in [0.4, 0.5) is 0 Å². The molecular formula is C23H27NO5S. The maximum Gasteiger partial charge on any atom is 0.302 e. The molecule has 2 aromatic rings. The molecule has 2 atom stereocenters. The van der Waals surface area contributed by atoms with E-state index in [1.54, 1.807) is 12.1 Å². The third-order valence-electron chi connectivity index (χ3n) is 6.05. The molecule has 0 aliphatic carbocycles. The van der Waals surface area contributed by atoms with Gasteiger partial charge in [-0.15, -0.1) is 0 Å². The van der Waals surface area contributed by atoms with Crippen molar-refractivity contribution < 1.29 is 22.7 Å². The standard InChI is InChI=1S/C23H27NO5S/c1-17-7-9-21(10-8-17)30(26,27)24-15-20-6-4-3-5-19(20)11-12-23(22(16-24)29-23)13-14-28-18(2)25/h3-10,22H,11-16H2,1-2H3/t22-,23+/m0/s1. The summed E-state index contributed by atoms with van der Waals surface area (Å²) in [7, 11) is -3.68.